The summed E-state index contributed by atoms with van der Waals surface area (Å²) in [5.74, 6) is 0. The molecule has 1 unspecified atom stereocenters. The van der Waals surface area contributed by atoms with E-state index >= 15 is 0 Å². The van der Waals surface area contributed by atoms with Crippen LogP contribution < -0.4 is 0 Å². The maximum absolute atomic E-state index is 6.36. The molecule has 0 N–H and O–H groups in total. The second kappa shape index (κ2) is 8.50. The minimum Gasteiger partial charge on any atom is -0.377 e. The predicted molar refractivity (Wildman–Crippen MR) is 104 cm³/mol. The van der Waals surface area contributed by atoms with Gasteiger partial charge in [-0.2, -0.15) is 0 Å². The third-order valence-corrected chi connectivity index (χ3v) is 4.21. The first-order chi connectivity index (χ1) is 11.4. The molecular weight excluding hydrogens is 316 g/mol. The minimum atomic E-state index is 0.0666. The zero-order valence-corrected chi connectivity index (χ0v) is 15.8. The molecule has 0 heterocycles. The van der Waals surface area contributed by atoms with Crippen LogP contribution in [0.3, 0.4) is 0 Å². The summed E-state index contributed by atoms with van der Waals surface area (Å²) in [6.45, 7) is 6.47. The van der Waals surface area contributed by atoms with Gasteiger partial charge in [-0.3, -0.25) is 0 Å². The van der Waals surface area contributed by atoms with Crippen LogP contribution in [0, 0.1) is 5.41 Å². The maximum Gasteiger partial charge on any atom is 0.0824 e. The number of benzene rings is 2. The third kappa shape index (κ3) is 5.81. The average Bonchev–Trinajstić information content (AvgIpc) is 2.55. The highest BCUT2D eigenvalue weighted by atomic mass is 35.5. The number of methoxy groups -OCH3 is 1. The average molecular weight is 343 g/mol. The van der Waals surface area contributed by atoms with Crippen LogP contribution in [-0.2, 0) is 4.74 Å². The van der Waals surface area contributed by atoms with E-state index in [1.807, 2.05) is 6.07 Å². The highest BCUT2D eigenvalue weighted by molar-refractivity contribution is 6.29. The van der Waals surface area contributed by atoms with Gasteiger partial charge in [-0.15, -0.1) is 0 Å². The number of halogens is 1. The number of hydrogen-bond acceptors (Lipinski definition) is 1. The topological polar surface area (TPSA) is 9.23 Å². The summed E-state index contributed by atoms with van der Waals surface area (Å²) in [7, 11) is 1.76. The summed E-state index contributed by atoms with van der Waals surface area (Å²) in [4.78, 5) is 0. The van der Waals surface area contributed by atoms with Crippen LogP contribution in [-0.4, -0.2) is 7.11 Å². The van der Waals surface area contributed by atoms with Crippen molar-refractivity contribution in [2.24, 2.45) is 5.41 Å². The van der Waals surface area contributed by atoms with Gasteiger partial charge in [-0.25, -0.2) is 0 Å². The fourth-order valence-electron chi connectivity index (χ4n) is 2.75. The first-order valence-electron chi connectivity index (χ1n) is 8.44. The largest absolute Gasteiger partial charge is 0.377 e. The Kier molecular flexibility index (Phi) is 6.65. The van der Waals surface area contributed by atoms with Crippen LogP contribution in [0.25, 0.3) is 11.1 Å². The van der Waals surface area contributed by atoms with Crippen molar-refractivity contribution in [2.45, 2.75) is 39.7 Å². The fourth-order valence-corrected chi connectivity index (χ4v) is 3.19. The van der Waals surface area contributed by atoms with E-state index in [9.17, 15) is 0 Å². The smallest absolute Gasteiger partial charge is 0.0824 e. The Bertz CT molecular complexity index is 651. The molecule has 24 heavy (non-hydrogen) atoms. The van der Waals surface area contributed by atoms with Gasteiger partial charge in [0.1, 0.15) is 0 Å². The molecule has 0 aromatic heterocycles. The standard InChI is InChI=1S/C22H27ClO/c1-22(2,3)16-20(23)14-15-21(24-4)19-12-10-18(11-13-19)17-8-6-5-7-9-17/h5-13,16,21H,14-15H2,1-4H3/b20-16-. The monoisotopic (exact) mass is 342 g/mol. The van der Waals surface area contributed by atoms with Gasteiger partial charge in [0.15, 0.2) is 0 Å². The lowest BCUT2D eigenvalue weighted by Crippen LogP contribution is -2.03. The lowest BCUT2D eigenvalue weighted by Gasteiger charge is -2.17. The van der Waals surface area contributed by atoms with Gasteiger partial charge < -0.3 is 4.74 Å². The summed E-state index contributed by atoms with van der Waals surface area (Å²) >= 11 is 6.36. The lowest BCUT2D eigenvalue weighted by molar-refractivity contribution is 0.0963. The molecule has 0 aliphatic heterocycles. The first-order valence-corrected chi connectivity index (χ1v) is 8.82. The zero-order valence-electron chi connectivity index (χ0n) is 15.1. The van der Waals surface area contributed by atoms with E-state index in [-0.39, 0.29) is 11.5 Å². The van der Waals surface area contributed by atoms with E-state index in [1.165, 1.54) is 16.7 Å². The highest BCUT2D eigenvalue weighted by Crippen LogP contribution is 2.29. The molecule has 0 saturated heterocycles. The molecule has 2 aromatic carbocycles. The molecule has 0 bridgehead atoms. The van der Waals surface area contributed by atoms with Crippen molar-refractivity contribution in [3.8, 4) is 11.1 Å². The van der Waals surface area contributed by atoms with Crippen LogP contribution in [0.4, 0.5) is 0 Å². The van der Waals surface area contributed by atoms with E-state index in [0.717, 1.165) is 17.9 Å². The molecule has 0 aliphatic rings. The Morgan fingerprint density at radius 2 is 1.58 bits per heavy atom. The van der Waals surface area contributed by atoms with Crippen molar-refractivity contribution < 1.29 is 4.74 Å². The first kappa shape index (κ1) is 18.8. The molecule has 0 fully saturated rings. The molecule has 0 spiro atoms. The van der Waals surface area contributed by atoms with Gasteiger partial charge >= 0.3 is 0 Å². The molecule has 0 amide bonds. The van der Waals surface area contributed by atoms with Gasteiger partial charge in [0.2, 0.25) is 0 Å². The Balaban J connectivity index is 2.04. The van der Waals surface area contributed by atoms with Crippen LogP contribution in [0.1, 0.15) is 45.3 Å². The van der Waals surface area contributed by atoms with E-state index in [2.05, 4.69) is 75.4 Å². The Morgan fingerprint density at radius 1 is 1.00 bits per heavy atom. The van der Waals surface area contributed by atoms with Crippen molar-refractivity contribution in [1.82, 2.24) is 0 Å². The number of allylic oxidation sites excluding steroid dienone is 2. The minimum absolute atomic E-state index is 0.0666. The van der Waals surface area contributed by atoms with Crippen LogP contribution in [0.5, 0.6) is 0 Å². The Labute approximate surface area is 151 Å². The van der Waals surface area contributed by atoms with Crippen molar-refractivity contribution in [1.29, 1.82) is 0 Å². The van der Waals surface area contributed by atoms with E-state index in [1.54, 1.807) is 7.11 Å². The molecule has 0 radical (unpaired) electrons. The van der Waals surface area contributed by atoms with Crippen molar-refractivity contribution >= 4 is 11.6 Å². The fraction of sp³-hybridized carbons (Fsp3) is 0.364. The van der Waals surface area contributed by atoms with Crippen LogP contribution >= 0.6 is 11.6 Å². The number of ether oxygens (including phenoxy) is 1. The molecule has 2 aromatic rings. The molecule has 2 rings (SSSR count). The predicted octanol–water partition coefficient (Wildman–Crippen LogP) is 6.99. The summed E-state index contributed by atoms with van der Waals surface area (Å²) in [6, 6.07) is 19.0. The summed E-state index contributed by atoms with van der Waals surface area (Å²) < 4.78 is 5.68. The number of rotatable bonds is 6. The highest BCUT2D eigenvalue weighted by Gasteiger charge is 2.13. The second-order valence-corrected chi connectivity index (χ2v) is 7.69. The van der Waals surface area contributed by atoms with Gasteiger partial charge in [0, 0.05) is 12.1 Å². The SMILES string of the molecule is COC(CC/C(Cl)=C/C(C)(C)C)c1ccc(-c2ccccc2)cc1. The molecule has 128 valence electrons. The molecule has 1 atom stereocenters. The van der Waals surface area contributed by atoms with Crippen molar-refractivity contribution in [3.63, 3.8) is 0 Å². The summed E-state index contributed by atoms with van der Waals surface area (Å²) in [5, 5.41) is 0.908. The molecular formula is C22H27ClO. The molecule has 1 nitrogen and oxygen atoms in total. The second-order valence-electron chi connectivity index (χ2n) is 7.21. The van der Waals surface area contributed by atoms with E-state index < -0.39 is 0 Å². The van der Waals surface area contributed by atoms with Crippen LogP contribution in [0.15, 0.2) is 65.7 Å². The Morgan fingerprint density at radius 3 is 2.12 bits per heavy atom. The quantitative estimate of drug-likeness (QED) is 0.549. The van der Waals surface area contributed by atoms with E-state index in [4.69, 9.17) is 16.3 Å². The van der Waals surface area contributed by atoms with Crippen molar-refractivity contribution in [2.75, 3.05) is 7.11 Å². The van der Waals surface area contributed by atoms with Crippen LogP contribution in [0.2, 0.25) is 0 Å². The normalized spacial score (nSPS) is 13.8. The van der Waals surface area contributed by atoms with E-state index in [0.29, 0.717) is 0 Å². The van der Waals surface area contributed by atoms with Crippen molar-refractivity contribution in [3.05, 3.63) is 71.3 Å². The van der Waals surface area contributed by atoms with Gasteiger partial charge in [-0.1, -0.05) is 93.0 Å². The van der Waals surface area contributed by atoms with Gasteiger partial charge in [-0.05, 0) is 34.9 Å². The molecule has 0 aliphatic carbocycles. The Hall–Kier alpha value is -1.57. The lowest BCUT2D eigenvalue weighted by atomic mass is 9.95. The molecule has 2 heteroatoms. The third-order valence-electron chi connectivity index (χ3n) is 3.91. The zero-order chi connectivity index (χ0) is 17.6. The summed E-state index contributed by atoms with van der Waals surface area (Å²) in [5.41, 5.74) is 3.75. The molecule has 0 saturated carbocycles. The number of hydrogen-bond donors (Lipinski definition) is 0. The van der Waals surface area contributed by atoms with Gasteiger partial charge in [0.05, 0.1) is 6.10 Å². The van der Waals surface area contributed by atoms with Gasteiger partial charge in [0.25, 0.3) is 0 Å². The maximum atomic E-state index is 6.36. The summed E-state index contributed by atoms with van der Waals surface area (Å²) in [6.07, 6.45) is 3.90.